The number of nitrogens with zero attached hydrogens (tertiary/aromatic N) is 2. The summed E-state index contributed by atoms with van der Waals surface area (Å²) in [5.41, 5.74) is 5.65. The predicted octanol–water partition coefficient (Wildman–Crippen LogP) is 0.583. The Morgan fingerprint density at radius 3 is 2.73 bits per heavy atom. The molecule has 1 aromatic rings. The molecule has 0 spiro atoms. The zero-order valence-electron chi connectivity index (χ0n) is 8.84. The molecule has 0 bridgehead atoms. The lowest BCUT2D eigenvalue weighted by Gasteiger charge is -2.21. The van der Waals surface area contributed by atoms with Crippen molar-refractivity contribution in [3.05, 3.63) is 12.4 Å². The van der Waals surface area contributed by atoms with E-state index in [0.29, 0.717) is 11.6 Å². The first-order valence-corrected chi connectivity index (χ1v) is 5.94. The fourth-order valence-electron chi connectivity index (χ4n) is 1.21. The molecule has 2 atom stereocenters. The topological polar surface area (TPSA) is 84.1 Å². The summed E-state index contributed by atoms with van der Waals surface area (Å²) >= 11 is 1.60. The number of nitrogens with two attached hydrogens (primary N) is 1. The molecule has 2 unspecified atom stereocenters. The molecule has 84 valence electrons. The first kappa shape index (κ1) is 12.1. The van der Waals surface area contributed by atoms with Gasteiger partial charge in [0.2, 0.25) is 0 Å². The molecule has 0 aliphatic rings. The van der Waals surface area contributed by atoms with Gasteiger partial charge in [-0.1, -0.05) is 0 Å². The molecule has 5 nitrogen and oxygen atoms in total. The molecule has 6 heteroatoms. The van der Waals surface area contributed by atoms with Gasteiger partial charge < -0.3 is 16.2 Å². The van der Waals surface area contributed by atoms with E-state index in [2.05, 4.69) is 15.3 Å². The molecule has 4 N–H and O–H groups in total. The van der Waals surface area contributed by atoms with E-state index in [9.17, 15) is 0 Å². The molecule has 0 aliphatic heterocycles. The Morgan fingerprint density at radius 2 is 2.20 bits per heavy atom. The Bertz CT molecular complexity index is 306. The smallest absolute Gasteiger partial charge is 0.169 e. The average Bonchev–Trinajstić information content (AvgIpc) is 2.23. The minimum atomic E-state index is 0.0870. The Hall–Kier alpha value is -1.01. The summed E-state index contributed by atoms with van der Waals surface area (Å²) in [6, 6.07) is 0.0870. The van der Waals surface area contributed by atoms with Crippen molar-refractivity contribution >= 4 is 23.4 Å². The van der Waals surface area contributed by atoms with Crippen molar-refractivity contribution in [3.8, 4) is 0 Å². The Balaban J connectivity index is 2.65. The first-order valence-electron chi connectivity index (χ1n) is 4.65. The second kappa shape index (κ2) is 5.77. The van der Waals surface area contributed by atoms with Crippen LogP contribution in [0.1, 0.15) is 6.92 Å². The molecule has 0 radical (unpaired) electrons. The van der Waals surface area contributed by atoms with Crippen LogP contribution in [0.5, 0.6) is 0 Å². The van der Waals surface area contributed by atoms with Gasteiger partial charge in [0.1, 0.15) is 0 Å². The Labute approximate surface area is 93.5 Å². The highest BCUT2D eigenvalue weighted by atomic mass is 32.2. The van der Waals surface area contributed by atoms with Crippen LogP contribution in [0.15, 0.2) is 12.4 Å². The van der Waals surface area contributed by atoms with Crippen LogP contribution in [0.2, 0.25) is 0 Å². The molecular formula is C9H16N4OS. The van der Waals surface area contributed by atoms with E-state index in [0.717, 1.165) is 0 Å². The van der Waals surface area contributed by atoms with Crippen LogP contribution < -0.4 is 11.1 Å². The van der Waals surface area contributed by atoms with Crippen molar-refractivity contribution in [2.24, 2.45) is 0 Å². The summed E-state index contributed by atoms with van der Waals surface area (Å²) in [6.45, 7) is 2.10. The average molecular weight is 228 g/mol. The zero-order chi connectivity index (χ0) is 11.3. The van der Waals surface area contributed by atoms with Gasteiger partial charge in [0, 0.05) is 23.7 Å². The first-order chi connectivity index (χ1) is 7.19. The van der Waals surface area contributed by atoms with Gasteiger partial charge in [-0.25, -0.2) is 9.97 Å². The Morgan fingerprint density at radius 1 is 1.53 bits per heavy atom. The molecule has 15 heavy (non-hydrogen) atoms. The number of aliphatic hydroxyl groups is 1. The van der Waals surface area contributed by atoms with Crippen molar-refractivity contribution in [3.63, 3.8) is 0 Å². The lowest BCUT2D eigenvalue weighted by atomic mass is 10.2. The van der Waals surface area contributed by atoms with Crippen molar-refractivity contribution in [2.45, 2.75) is 18.2 Å². The summed E-state index contributed by atoms with van der Waals surface area (Å²) in [6.07, 6.45) is 5.08. The molecular weight excluding hydrogens is 212 g/mol. The molecule has 0 saturated heterocycles. The zero-order valence-corrected chi connectivity index (χ0v) is 9.66. The summed E-state index contributed by atoms with van der Waals surface area (Å²) in [5.74, 6) is 0.944. The summed E-state index contributed by atoms with van der Waals surface area (Å²) in [4.78, 5) is 8.01. The number of nitrogen functional groups attached to an aromatic ring is 1. The third-order valence-electron chi connectivity index (χ3n) is 2.13. The fourth-order valence-corrected chi connectivity index (χ4v) is 1.83. The van der Waals surface area contributed by atoms with Crippen LogP contribution >= 0.6 is 11.8 Å². The van der Waals surface area contributed by atoms with Crippen LogP contribution in [0.25, 0.3) is 0 Å². The maximum absolute atomic E-state index is 9.12. The fraction of sp³-hybridized carbons (Fsp3) is 0.556. The molecule has 0 fully saturated rings. The SMILES string of the molecule is CSC(CO)C(C)Nc1nccnc1N. The number of nitrogens with one attached hydrogen (secondary N) is 1. The maximum atomic E-state index is 9.12. The highest BCUT2D eigenvalue weighted by Gasteiger charge is 2.16. The molecule has 0 saturated carbocycles. The second-order valence-electron chi connectivity index (χ2n) is 3.18. The van der Waals surface area contributed by atoms with Crippen LogP contribution in [0, 0.1) is 0 Å². The van der Waals surface area contributed by atoms with Crippen LogP contribution in [0.3, 0.4) is 0 Å². The third-order valence-corrected chi connectivity index (χ3v) is 3.29. The van der Waals surface area contributed by atoms with E-state index in [1.54, 1.807) is 24.2 Å². The molecule has 1 rings (SSSR count). The molecule has 0 amide bonds. The number of hydrogen-bond donors (Lipinski definition) is 3. The number of rotatable bonds is 5. The molecule has 1 heterocycles. The third kappa shape index (κ3) is 3.24. The van der Waals surface area contributed by atoms with E-state index in [1.165, 1.54) is 0 Å². The largest absolute Gasteiger partial charge is 0.395 e. The number of aromatic nitrogens is 2. The number of aliphatic hydroxyl groups excluding tert-OH is 1. The van der Waals surface area contributed by atoms with Gasteiger partial charge in [0.25, 0.3) is 0 Å². The van der Waals surface area contributed by atoms with Gasteiger partial charge in [-0.2, -0.15) is 11.8 Å². The van der Waals surface area contributed by atoms with Gasteiger partial charge in [0.05, 0.1) is 6.61 Å². The second-order valence-corrected chi connectivity index (χ2v) is 4.26. The predicted molar refractivity (Wildman–Crippen MR) is 63.9 cm³/mol. The highest BCUT2D eigenvalue weighted by Crippen LogP contribution is 2.17. The summed E-state index contributed by atoms with van der Waals surface area (Å²) in [7, 11) is 0. The van der Waals surface area contributed by atoms with E-state index >= 15 is 0 Å². The van der Waals surface area contributed by atoms with Crippen molar-refractivity contribution in [1.29, 1.82) is 0 Å². The van der Waals surface area contributed by atoms with Gasteiger partial charge in [-0.3, -0.25) is 0 Å². The van der Waals surface area contributed by atoms with Gasteiger partial charge >= 0.3 is 0 Å². The molecule has 0 aliphatic carbocycles. The van der Waals surface area contributed by atoms with Crippen LogP contribution in [-0.2, 0) is 0 Å². The quantitative estimate of drug-likeness (QED) is 0.684. The highest BCUT2D eigenvalue weighted by molar-refractivity contribution is 7.99. The van der Waals surface area contributed by atoms with E-state index < -0.39 is 0 Å². The lowest BCUT2D eigenvalue weighted by Crippen LogP contribution is -2.31. The monoisotopic (exact) mass is 228 g/mol. The number of thioether (sulfide) groups is 1. The van der Waals surface area contributed by atoms with E-state index in [-0.39, 0.29) is 17.9 Å². The normalized spacial score (nSPS) is 14.6. The standard InChI is InChI=1S/C9H16N4OS/c1-6(7(5-14)15-2)13-9-8(10)11-3-4-12-9/h3-4,6-7,14H,5H2,1-2H3,(H2,10,11)(H,12,13). The summed E-state index contributed by atoms with van der Waals surface area (Å²) < 4.78 is 0. The lowest BCUT2D eigenvalue weighted by molar-refractivity contribution is 0.288. The van der Waals surface area contributed by atoms with Gasteiger partial charge in [-0.15, -0.1) is 0 Å². The minimum Gasteiger partial charge on any atom is -0.395 e. The Kier molecular flexibility index (Phi) is 4.64. The number of anilines is 2. The number of hydrogen-bond acceptors (Lipinski definition) is 6. The van der Waals surface area contributed by atoms with Crippen LogP contribution in [0.4, 0.5) is 11.6 Å². The van der Waals surface area contributed by atoms with Gasteiger partial charge in [-0.05, 0) is 13.2 Å². The minimum absolute atomic E-state index is 0.0870. The van der Waals surface area contributed by atoms with Crippen molar-refractivity contribution in [1.82, 2.24) is 9.97 Å². The van der Waals surface area contributed by atoms with E-state index in [4.69, 9.17) is 10.8 Å². The maximum Gasteiger partial charge on any atom is 0.169 e. The van der Waals surface area contributed by atoms with Crippen LogP contribution in [-0.4, -0.2) is 39.2 Å². The van der Waals surface area contributed by atoms with E-state index in [1.807, 2.05) is 13.2 Å². The molecule has 1 aromatic heterocycles. The van der Waals surface area contributed by atoms with Crippen molar-refractivity contribution < 1.29 is 5.11 Å². The van der Waals surface area contributed by atoms with Gasteiger partial charge in [0.15, 0.2) is 11.6 Å². The molecule has 0 aromatic carbocycles. The van der Waals surface area contributed by atoms with Crippen molar-refractivity contribution in [2.75, 3.05) is 23.9 Å². The summed E-state index contributed by atoms with van der Waals surface area (Å²) in [5, 5.41) is 12.4.